The third-order valence-corrected chi connectivity index (χ3v) is 9.32. The van der Waals surface area contributed by atoms with Crippen LogP contribution in [0.3, 0.4) is 0 Å². The van der Waals surface area contributed by atoms with E-state index in [4.69, 9.17) is 9.47 Å². The van der Waals surface area contributed by atoms with Gasteiger partial charge in [0.1, 0.15) is 0 Å². The minimum Gasteiger partial charge on any atom is -0.444 e. The van der Waals surface area contributed by atoms with E-state index in [0.29, 0.717) is 12.8 Å². The van der Waals surface area contributed by atoms with Crippen molar-refractivity contribution in [1.82, 2.24) is 5.06 Å². The number of carbonyl (C=O) groups excluding carboxylic acids is 2. The van der Waals surface area contributed by atoms with Gasteiger partial charge in [-0.3, -0.25) is 9.59 Å². The average Bonchev–Trinajstić information content (AvgIpc) is 3.04. The molecule has 0 spiro atoms. The maximum atomic E-state index is 12.2. The fourth-order valence-electron chi connectivity index (χ4n) is 6.18. The molecule has 0 radical (unpaired) electrons. The molecule has 2 atom stereocenters. The summed E-state index contributed by atoms with van der Waals surface area (Å²) in [6.45, 7) is 7.74. The second kappa shape index (κ2) is 35.2. The van der Waals surface area contributed by atoms with Crippen LogP contribution >= 0.6 is 0 Å². The van der Waals surface area contributed by atoms with Gasteiger partial charge < -0.3 is 14.7 Å². The topological polar surface area (TPSA) is 76.1 Å². The number of nitrogens with zero attached hydrogens (tertiary/aromatic N) is 1. The van der Waals surface area contributed by atoms with Gasteiger partial charge in [-0.15, -0.1) is 5.06 Å². The van der Waals surface area contributed by atoms with Crippen molar-refractivity contribution in [2.75, 3.05) is 0 Å². The zero-order valence-corrected chi connectivity index (χ0v) is 31.3. The smallest absolute Gasteiger partial charge is 0.307 e. The molecule has 0 aliphatic heterocycles. The number of hydrogen-bond donors (Lipinski definition) is 1. The van der Waals surface area contributed by atoms with Gasteiger partial charge in [0.15, 0.2) is 12.5 Å². The van der Waals surface area contributed by atoms with Crippen molar-refractivity contribution in [2.45, 2.75) is 246 Å². The summed E-state index contributed by atoms with van der Waals surface area (Å²) in [5.74, 6) is -0.643. The maximum absolute atomic E-state index is 12.2. The highest BCUT2D eigenvalue weighted by Gasteiger charge is 2.24. The van der Waals surface area contributed by atoms with Crippen molar-refractivity contribution < 1.29 is 24.3 Å². The normalized spacial score (nSPS) is 12.8. The molecule has 0 bridgehead atoms. The molecular weight excluding hydrogens is 574 g/mol. The van der Waals surface area contributed by atoms with E-state index in [1.165, 1.54) is 154 Å². The molecule has 0 aliphatic rings. The summed E-state index contributed by atoms with van der Waals surface area (Å²) in [5, 5.41) is 11.2. The molecule has 0 saturated carbocycles. The van der Waals surface area contributed by atoms with Gasteiger partial charge >= 0.3 is 11.9 Å². The fraction of sp³-hybridized carbons (Fsp3) is 0.950. The number of hydroxylamine groups is 2. The minimum absolute atomic E-state index is 0.322. The molecule has 46 heavy (non-hydrogen) atoms. The van der Waals surface area contributed by atoms with E-state index in [-0.39, 0.29) is 11.9 Å². The van der Waals surface area contributed by atoms with E-state index in [9.17, 15) is 14.8 Å². The Labute approximate surface area is 286 Å². The summed E-state index contributed by atoms with van der Waals surface area (Å²) in [6.07, 6.45) is 37.5. The number of hydrogen-bond acceptors (Lipinski definition) is 6. The lowest BCUT2D eigenvalue weighted by Gasteiger charge is -2.27. The fourth-order valence-corrected chi connectivity index (χ4v) is 6.18. The van der Waals surface area contributed by atoms with Gasteiger partial charge in [0.05, 0.1) is 0 Å². The number of rotatable bonds is 36. The Morgan fingerprint density at radius 2 is 0.609 bits per heavy atom. The third kappa shape index (κ3) is 31.5. The van der Waals surface area contributed by atoms with Crippen molar-refractivity contribution >= 4 is 11.9 Å². The predicted molar refractivity (Wildman–Crippen MR) is 194 cm³/mol. The van der Waals surface area contributed by atoms with Crippen LogP contribution in [0.5, 0.6) is 0 Å². The van der Waals surface area contributed by atoms with Crippen molar-refractivity contribution in [3.8, 4) is 0 Å². The molecule has 6 heteroatoms. The Morgan fingerprint density at radius 1 is 0.413 bits per heavy atom. The zero-order chi connectivity index (χ0) is 33.9. The second-order valence-corrected chi connectivity index (χ2v) is 14.0. The summed E-state index contributed by atoms with van der Waals surface area (Å²) in [6, 6.07) is 0. The van der Waals surface area contributed by atoms with Crippen LogP contribution < -0.4 is 0 Å². The van der Waals surface area contributed by atoms with Crippen LogP contribution in [0, 0.1) is 0 Å². The second-order valence-electron chi connectivity index (χ2n) is 14.0. The maximum Gasteiger partial charge on any atom is 0.307 e. The Balaban J connectivity index is 3.62. The van der Waals surface area contributed by atoms with Gasteiger partial charge in [0, 0.05) is 12.8 Å². The molecule has 0 aromatic heterocycles. The molecule has 0 heterocycles. The van der Waals surface area contributed by atoms with E-state index in [1.807, 2.05) is 0 Å². The van der Waals surface area contributed by atoms with Crippen molar-refractivity contribution in [3.05, 3.63) is 0 Å². The predicted octanol–water partition coefficient (Wildman–Crippen LogP) is 13.0. The number of esters is 2. The molecule has 0 rings (SSSR count). The quantitative estimate of drug-likeness (QED) is 0.0314. The minimum atomic E-state index is -0.863. The zero-order valence-electron chi connectivity index (χ0n) is 31.3. The van der Waals surface area contributed by atoms with Gasteiger partial charge in [0.2, 0.25) is 0 Å². The van der Waals surface area contributed by atoms with E-state index in [2.05, 4.69) is 13.8 Å². The summed E-state index contributed by atoms with van der Waals surface area (Å²) in [4.78, 5) is 24.5. The molecule has 0 aromatic carbocycles. The molecule has 0 fully saturated rings. The Bertz CT molecular complexity index is 604. The first-order valence-corrected chi connectivity index (χ1v) is 20.3. The van der Waals surface area contributed by atoms with Crippen LogP contribution in [0.25, 0.3) is 0 Å². The largest absolute Gasteiger partial charge is 0.444 e. The number of carbonyl (C=O) groups is 2. The van der Waals surface area contributed by atoms with Crippen LogP contribution in [-0.4, -0.2) is 34.7 Å². The first-order valence-electron chi connectivity index (χ1n) is 20.3. The van der Waals surface area contributed by atoms with Crippen LogP contribution in [0.15, 0.2) is 0 Å². The Morgan fingerprint density at radius 3 is 0.826 bits per heavy atom. The lowest BCUT2D eigenvalue weighted by molar-refractivity contribution is -0.271. The standard InChI is InChI=1S/C40H79NO5/c1-5-7-9-11-13-15-17-19-21-23-25-27-29-31-33-35-39(42)45-37(3)41(44)38(4)46-40(43)36-34-32-30-28-26-24-22-20-18-16-14-12-10-8-6-2/h37-38,44H,5-36H2,1-4H3. The highest BCUT2D eigenvalue weighted by molar-refractivity contribution is 5.70. The van der Waals surface area contributed by atoms with E-state index in [0.717, 1.165) is 43.6 Å². The van der Waals surface area contributed by atoms with Crippen molar-refractivity contribution in [2.24, 2.45) is 0 Å². The summed E-state index contributed by atoms with van der Waals surface area (Å²) < 4.78 is 10.7. The van der Waals surface area contributed by atoms with E-state index < -0.39 is 12.5 Å². The van der Waals surface area contributed by atoms with Crippen LogP contribution in [0.4, 0.5) is 0 Å². The first kappa shape index (κ1) is 44.9. The molecule has 2 unspecified atom stereocenters. The first-order chi connectivity index (χ1) is 22.4. The third-order valence-electron chi connectivity index (χ3n) is 9.32. The number of unbranched alkanes of at least 4 members (excludes halogenated alkanes) is 28. The van der Waals surface area contributed by atoms with Crippen LogP contribution in [0.1, 0.15) is 233 Å². The molecular formula is C40H79NO5. The Hall–Kier alpha value is -1.14. The van der Waals surface area contributed by atoms with Gasteiger partial charge in [-0.2, -0.15) is 0 Å². The van der Waals surface area contributed by atoms with Crippen molar-refractivity contribution in [3.63, 3.8) is 0 Å². The van der Waals surface area contributed by atoms with E-state index in [1.54, 1.807) is 13.8 Å². The summed E-state index contributed by atoms with van der Waals surface area (Å²) in [5.41, 5.74) is 0. The lowest BCUT2D eigenvalue weighted by Crippen LogP contribution is -2.42. The summed E-state index contributed by atoms with van der Waals surface area (Å²) in [7, 11) is 0. The highest BCUT2D eigenvalue weighted by Crippen LogP contribution is 2.16. The SMILES string of the molecule is CCCCCCCCCCCCCCCCCC(=O)OC(C)N(O)C(C)OC(=O)CCCCCCCCCCCCCCCCC. The molecule has 274 valence electrons. The molecule has 1 N–H and O–H groups in total. The monoisotopic (exact) mass is 654 g/mol. The van der Waals surface area contributed by atoms with Crippen LogP contribution in [0.2, 0.25) is 0 Å². The van der Waals surface area contributed by atoms with Crippen LogP contribution in [-0.2, 0) is 19.1 Å². The molecule has 0 saturated heterocycles. The van der Waals surface area contributed by atoms with Gasteiger partial charge in [-0.05, 0) is 26.7 Å². The van der Waals surface area contributed by atoms with Gasteiger partial charge in [-0.25, -0.2) is 0 Å². The summed E-state index contributed by atoms with van der Waals surface area (Å²) >= 11 is 0. The lowest BCUT2D eigenvalue weighted by atomic mass is 10.0. The molecule has 0 aromatic rings. The molecule has 0 aliphatic carbocycles. The highest BCUT2D eigenvalue weighted by atomic mass is 16.7. The van der Waals surface area contributed by atoms with Gasteiger partial charge in [0.25, 0.3) is 0 Å². The van der Waals surface area contributed by atoms with Crippen molar-refractivity contribution in [1.29, 1.82) is 0 Å². The number of ether oxygens (including phenoxy) is 2. The van der Waals surface area contributed by atoms with Gasteiger partial charge in [-0.1, -0.05) is 194 Å². The molecule has 6 nitrogen and oxygen atoms in total. The Kier molecular flexibility index (Phi) is 34.3. The molecule has 0 amide bonds. The van der Waals surface area contributed by atoms with E-state index >= 15 is 0 Å². The average molecular weight is 654 g/mol.